The second-order valence-electron chi connectivity index (χ2n) is 10.3. The van der Waals surface area contributed by atoms with Crippen LogP contribution in [0.1, 0.15) is 37.5 Å². The Hall–Kier alpha value is -4.79. The molecule has 1 heterocycles. The Bertz CT molecular complexity index is 1470. The summed E-state index contributed by atoms with van der Waals surface area (Å²) in [6.07, 6.45) is -0.0337. The molecule has 208 valence electrons. The van der Waals surface area contributed by atoms with E-state index in [9.17, 15) is 19.5 Å². The first-order valence-corrected chi connectivity index (χ1v) is 12.8. The van der Waals surface area contributed by atoms with Gasteiger partial charge in [0, 0.05) is 24.1 Å². The van der Waals surface area contributed by atoms with Crippen molar-refractivity contribution in [2.45, 2.75) is 52.0 Å². The molecule has 1 aromatic heterocycles. The normalized spacial score (nSPS) is 12.0. The highest BCUT2D eigenvalue weighted by Gasteiger charge is 2.26. The average Bonchev–Trinajstić information content (AvgIpc) is 3.28. The lowest BCUT2D eigenvalue weighted by molar-refractivity contribution is -0.139. The van der Waals surface area contributed by atoms with Gasteiger partial charge in [-0.25, -0.2) is 14.4 Å². The number of ether oxygens (including phenoxy) is 3. The highest BCUT2D eigenvalue weighted by molar-refractivity contribution is 5.93. The van der Waals surface area contributed by atoms with Crippen LogP contribution in [-0.2, 0) is 33.9 Å². The summed E-state index contributed by atoms with van der Waals surface area (Å²) in [6.45, 7) is 5.62. The number of fused-ring (bicyclic) bond motifs is 1. The van der Waals surface area contributed by atoms with E-state index < -0.39 is 29.8 Å². The number of amides is 1. The van der Waals surface area contributed by atoms with E-state index in [0.29, 0.717) is 28.8 Å². The first-order chi connectivity index (χ1) is 19.1. The summed E-state index contributed by atoms with van der Waals surface area (Å²) in [7, 11) is 0. The molecule has 2 N–H and O–H groups in total. The minimum absolute atomic E-state index is 0.00270. The van der Waals surface area contributed by atoms with Crippen LogP contribution in [0, 0.1) is 0 Å². The zero-order valence-electron chi connectivity index (χ0n) is 22.6. The van der Waals surface area contributed by atoms with E-state index >= 15 is 0 Å². The van der Waals surface area contributed by atoms with Crippen LogP contribution in [0.5, 0.6) is 5.75 Å². The number of carboxylic acid groups (broad SMARTS) is 1. The van der Waals surface area contributed by atoms with Gasteiger partial charge in [-0.15, -0.1) is 0 Å². The van der Waals surface area contributed by atoms with E-state index in [1.165, 1.54) is 10.8 Å². The standard InChI is InChI=1S/C31H32N2O7/c1-31(2,3)40-30(37)33-18-23(16-26(28(34)35)32-29(36)39-20-22-12-8-5-9-13-22)25-15-14-24(17-27(25)33)38-19-21-10-6-4-7-11-21/h4-15,17-18,26H,16,19-20H2,1-3H3,(H,32,36)(H,34,35)/t26-/m0/s1. The number of nitrogens with zero attached hydrogens (tertiary/aromatic N) is 1. The quantitative estimate of drug-likeness (QED) is 0.268. The largest absolute Gasteiger partial charge is 0.489 e. The molecule has 4 rings (SSSR count). The molecule has 0 spiro atoms. The summed E-state index contributed by atoms with van der Waals surface area (Å²) in [4.78, 5) is 37.5. The molecule has 1 atom stereocenters. The minimum Gasteiger partial charge on any atom is -0.489 e. The van der Waals surface area contributed by atoms with Crippen molar-refractivity contribution < 1.29 is 33.7 Å². The maximum atomic E-state index is 13.1. The summed E-state index contributed by atoms with van der Waals surface area (Å²) in [5.74, 6) is -0.708. The number of carbonyl (C=O) groups is 3. The van der Waals surface area contributed by atoms with Gasteiger partial charge in [-0.1, -0.05) is 60.7 Å². The lowest BCUT2D eigenvalue weighted by Gasteiger charge is -2.19. The van der Waals surface area contributed by atoms with Gasteiger partial charge in [0.15, 0.2) is 0 Å². The highest BCUT2D eigenvalue weighted by atomic mass is 16.6. The van der Waals surface area contributed by atoms with Crippen molar-refractivity contribution in [2.75, 3.05) is 0 Å². The molecule has 0 fully saturated rings. The third-order valence-electron chi connectivity index (χ3n) is 5.93. The summed E-state index contributed by atoms with van der Waals surface area (Å²) in [5, 5.41) is 12.9. The Kier molecular flexibility index (Phi) is 8.73. The average molecular weight is 545 g/mol. The van der Waals surface area contributed by atoms with Gasteiger partial charge in [0.25, 0.3) is 0 Å². The Morgan fingerprint density at radius 3 is 2.12 bits per heavy atom. The third-order valence-corrected chi connectivity index (χ3v) is 5.93. The fraction of sp³-hybridized carbons (Fsp3) is 0.258. The maximum absolute atomic E-state index is 13.1. The topological polar surface area (TPSA) is 116 Å². The molecule has 9 heteroatoms. The van der Waals surface area contributed by atoms with Crippen molar-refractivity contribution in [1.82, 2.24) is 9.88 Å². The molecular weight excluding hydrogens is 512 g/mol. The molecule has 0 saturated carbocycles. The van der Waals surface area contributed by atoms with Gasteiger partial charge >= 0.3 is 18.2 Å². The first kappa shape index (κ1) is 28.2. The lowest BCUT2D eigenvalue weighted by atomic mass is 10.1. The fourth-order valence-corrected chi connectivity index (χ4v) is 4.06. The van der Waals surface area contributed by atoms with Crippen LogP contribution >= 0.6 is 0 Å². The zero-order chi connectivity index (χ0) is 28.7. The van der Waals surface area contributed by atoms with Crippen LogP contribution in [0.25, 0.3) is 10.9 Å². The first-order valence-electron chi connectivity index (χ1n) is 12.8. The van der Waals surface area contributed by atoms with Gasteiger partial charge in [0.2, 0.25) is 0 Å². The zero-order valence-corrected chi connectivity index (χ0v) is 22.6. The van der Waals surface area contributed by atoms with Crippen molar-refractivity contribution in [2.24, 2.45) is 0 Å². The minimum atomic E-state index is -1.30. The number of hydrogen-bond donors (Lipinski definition) is 2. The summed E-state index contributed by atoms with van der Waals surface area (Å²) in [5.41, 5.74) is 2.04. The molecule has 9 nitrogen and oxygen atoms in total. The van der Waals surface area contributed by atoms with Gasteiger partial charge < -0.3 is 24.6 Å². The SMILES string of the molecule is CC(C)(C)OC(=O)n1cc(C[C@H](NC(=O)OCc2ccccc2)C(=O)O)c2ccc(OCc3ccccc3)cc21. The Morgan fingerprint density at radius 2 is 1.52 bits per heavy atom. The summed E-state index contributed by atoms with van der Waals surface area (Å²) < 4.78 is 18.1. The molecule has 3 aromatic carbocycles. The molecule has 0 radical (unpaired) electrons. The molecule has 0 aliphatic heterocycles. The van der Waals surface area contributed by atoms with Crippen LogP contribution in [0.15, 0.2) is 85.1 Å². The number of benzene rings is 3. The molecule has 0 saturated heterocycles. The molecular formula is C31H32N2O7. The van der Waals surface area contributed by atoms with E-state index in [1.807, 2.05) is 48.5 Å². The molecule has 0 bridgehead atoms. The number of hydrogen-bond acceptors (Lipinski definition) is 6. The molecule has 0 aliphatic carbocycles. The highest BCUT2D eigenvalue weighted by Crippen LogP contribution is 2.28. The van der Waals surface area contributed by atoms with Crippen LogP contribution in [-0.4, -0.2) is 39.5 Å². The van der Waals surface area contributed by atoms with E-state index in [-0.39, 0.29) is 13.0 Å². The van der Waals surface area contributed by atoms with Crippen LogP contribution in [0.4, 0.5) is 9.59 Å². The Labute approximate surface area is 232 Å². The van der Waals surface area contributed by atoms with Crippen molar-refractivity contribution in [3.8, 4) is 5.75 Å². The molecule has 0 aliphatic rings. The smallest absolute Gasteiger partial charge is 0.419 e. The summed E-state index contributed by atoms with van der Waals surface area (Å²) >= 11 is 0. The van der Waals surface area contributed by atoms with Gasteiger partial charge in [-0.2, -0.15) is 0 Å². The van der Waals surface area contributed by atoms with Crippen molar-refractivity contribution >= 4 is 29.1 Å². The van der Waals surface area contributed by atoms with Gasteiger partial charge in [0.1, 0.15) is 30.6 Å². The number of nitrogens with one attached hydrogen (secondary N) is 1. The van der Waals surface area contributed by atoms with Crippen molar-refractivity contribution in [3.63, 3.8) is 0 Å². The number of aliphatic carboxylic acids is 1. The predicted molar refractivity (Wildman–Crippen MR) is 149 cm³/mol. The predicted octanol–water partition coefficient (Wildman–Crippen LogP) is 5.93. The van der Waals surface area contributed by atoms with E-state index in [1.54, 1.807) is 51.1 Å². The van der Waals surface area contributed by atoms with Crippen molar-refractivity contribution in [3.05, 3.63) is 102 Å². The fourth-order valence-electron chi connectivity index (χ4n) is 4.06. The van der Waals surface area contributed by atoms with Gasteiger partial charge in [0.05, 0.1) is 5.52 Å². The molecule has 4 aromatic rings. The molecule has 40 heavy (non-hydrogen) atoms. The number of alkyl carbamates (subject to hydrolysis) is 1. The van der Waals surface area contributed by atoms with Gasteiger partial charge in [-0.05, 0) is 49.6 Å². The molecule has 0 unspecified atom stereocenters. The number of carboxylic acids is 1. The van der Waals surface area contributed by atoms with E-state index in [0.717, 1.165) is 11.1 Å². The second-order valence-corrected chi connectivity index (χ2v) is 10.3. The Balaban J connectivity index is 1.57. The second kappa shape index (κ2) is 12.4. The van der Waals surface area contributed by atoms with Crippen LogP contribution in [0.2, 0.25) is 0 Å². The van der Waals surface area contributed by atoms with Gasteiger partial charge in [-0.3, -0.25) is 4.57 Å². The number of carbonyl (C=O) groups excluding carboxylic acids is 2. The number of aromatic nitrogens is 1. The van der Waals surface area contributed by atoms with Crippen molar-refractivity contribution in [1.29, 1.82) is 0 Å². The lowest BCUT2D eigenvalue weighted by Crippen LogP contribution is -2.42. The van der Waals surface area contributed by atoms with E-state index in [4.69, 9.17) is 14.2 Å². The maximum Gasteiger partial charge on any atom is 0.419 e. The van der Waals surface area contributed by atoms with Crippen LogP contribution in [0.3, 0.4) is 0 Å². The Morgan fingerprint density at radius 1 is 0.900 bits per heavy atom. The number of rotatable bonds is 9. The third kappa shape index (κ3) is 7.63. The van der Waals surface area contributed by atoms with Crippen LogP contribution < -0.4 is 10.1 Å². The molecule has 1 amide bonds. The monoisotopic (exact) mass is 544 g/mol. The van der Waals surface area contributed by atoms with E-state index in [2.05, 4.69) is 5.32 Å². The summed E-state index contributed by atoms with van der Waals surface area (Å²) in [6, 6.07) is 22.7.